The van der Waals surface area contributed by atoms with E-state index in [2.05, 4.69) is 21.2 Å². The van der Waals surface area contributed by atoms with Crippen LogP contribution in [-0.2, 0) is 20.9 Å². The minimum Gasteiger partial charge on any atom is -0.497 e. The number of amides is 1. The topological polar surface area (TPSA) is 120 Å². The van der Waals surface area contributed by atoms with Crippen molar-refractivity contribution in [2.45, 2.75) is 6.54 Å². The third-order valence-corrected chi connectivity index (χ3v) is 4.86. The highest BCUT2D eigenvalue weighted by molar-refractivity contribution is 9.10. The van der Waals surface area contributed by atoms with Gasteiger partial charge in [0.2, 0.25) is 5.91 Å². The van der Waals surface area contributed by atoms with Gasteiger partial charge in [0.1, 0.15) is 11.5 Å². The molecule has 0 aliphatic carbocycles. The molecular weight excluding hydrogens is 474 g/mol. The summed E-state index contributed by atoms with van der Waals surface area (Å²) in [5.74, 6) is 0.241. The zero-order valence-corrected chi connectivity index (χ0v) is 18.8. The molecule has 0 saturated carbocycles. The third-order valence-electron chi connectivity index (χ3n) is 4.20. The van der Waals surface area contributed by atoms with Crippen molar-refractivity contribution < 1.29 is 28.7 Å². The highest BCUT2D eigenvalue weighted by Gasteiger charge is 2.18. The Kier molecular flexibility index (Phi) is 8.76. The molecule has 1 amide bonds. The maximum atomic E-state index is 12.6. The quantitative estimate of drug-likeness (QED) is 0.303. The van der Waals surface area contributed by atoms with E-state index in [4.69, 9.17) is 14.2 Å². The lowest BCUT2D eigenvalue weighted by molar-refractivity contribution is -0.384. The summed E-state index contributed by atoms with van der Waals surface area (Å²) in [6.45, 7) is 0.000437. The smallest absolute Gasteiger partial charge is 0.319 e. The molecular formula is C20H22BrN3O7. The molecule has 1 N–H and O–H groups in total. The number of nitrogens with zero attached hydrogens (tertiary/aromatic N) is 2. The highest BCUT2D eigenvalue weighted by atomic mass is 79.9. The Morgan fingerprint density at radius 2 is 1.71 bits per heavy atom. The van der Waals surface area contributed by atoms with E-state index in [1.54, 1.807) is 23.1 Å². The molecule has 2 rings (SSSR count). The molecule has 0 aromatic heterocycles. The molecule has 0 aliphatic rings. The predicted octanol–water partition coefficient (Wildman–Crippen LogP) is 2.99. The normalized spacial score (nSPS) is 10.5. The van der Waals surface area contributed by atoms with Gasteiger partial charge in [0, 0.05) is 29.2 Å². The number of methoxy groups -OCH3 is 3. The monoisotopic (exact) mass is 495 g/mol. The predicted molar refractivity (Wildman–Crippen MR) is 116 cm³/mol. The number of benzene rings is 2. The van der Waals surface area contributed by atoms with Crippen LogP contribution in [0.15, 0.2) is 40.9 Å². The van der Waals surface area contributed by atoms with Crippen molar-refractivity contribution in [3.63, 3.8) is 0 Å². The SMILES string of the molecule is COC(=O)CN(CC(=O)Nc1ccc([N+](=O)[O-])cc1Br)Cc1cc(OC)cc(OC)c1. The van der Waals surface area contributed by atoms with Gasteiger partial charge in [-0.3, -0.25) is 24.6 Å². The van der Waals surface area contributed by atoms with Crippen molar-refractivity contribution >= 4 is 39.2 Å². The summed E-state index contributed by atoms with van der Waals surface area (Å²) in [5, 5.41) is 13.5. The van der Waals surface area contributed by atoms with Gasteiger partial charge in [-0.2, -0.15) is 0 Å². The Morgan fingerprint density at radius 3 is 2.23 bits per heavy atom. The summed E-state index contributed by atoms with van der Waals surface area (Å²) in [6, 6.07) is 9.28. The number of non-ortho nitro benzene ring substituents is 1. The summed E-state index contributed by atoms with van der Waals surface area (Å²) >= 11 is 3.21. The number of ether oxygens (including phenoxy) is 3. The standard InChI is InChI=1S/C20H22BrN3O7/c1-29-15-6-13(7-16(9-15)30-2)10-23(12-20(26)31-3)11-19(25)22-18-5-4-14(24(27)28)8-17(18)21/h4-9H,10-12H2,1-3H3,(H,22,25). The van der Waals surface area contributed by atoms with Gasteiger partial charge in [-0.05, 0) is 39.7 Å². The molecule has 0 fully saturated rings. The van der Waals surface area contributed by atoms with Crippen LogP contribution in [0.4, 0.5) is 11.4 Å². The second kappa shape index (κ2) is 11.3. The fourth-order valence-corrected chi connectivity index (χ4v) is 3.21. The van der Waals surface area contributed by atoms with Gasteiger partial charge in [-0.25, -0.2) is 0 Å². The molecule has 2 aromatic rings. The van der Waals surface area contributed by atoms with Crippen LogP contribution in [0.1, 0.15) is 5.56 Å². The molecule has 31 heavy (non-hydrogen) atoms. The molecule has 0 unspecified atom stereocenters. The van der Waals surface area contributed by atoms with E-state index >= 15 is 0 Å². The number of nitrogens with one attached hydrogen (secondary N) is 1. The third kappa shape index (κ3) is 7.23. The molecule has 0 radical (unpaired) electrons. The van der Waals surface area contributed by atoms with E-state index in [9.17, 15) is 19.7 Å². The van der Waals surface area contributed by atoms with Crippen molar-refractivity contribution in [3.05, 3.63) is 56.5 Å². The number of nitro benzene ring substituents is 1. The summed E-state index contributed by atoms with van der Waals surface area (Å²) in [4.78, 5) is 36.3. The van der Waals surface area contributed by atoms with Crippen LogP contribution >= 0.6 is 15.9 Å². The zero-order valence-electron chi connectivity index (χ0n) is 17.2. The molecule has 0 aliphatic heterocycles. The van der Waals surface area contributed by atoms with Gasteiger partial charge in [0.25, 0.3) is 5.69 Å². The molecule has 10 nitrogen and oxygen atoms in total. The first-order chi connectivity index (χ1) is 14.7. The summed E-state index contributed by atoms with van der Waals surface area (Å²) in [5.41, 5.74) is 1.03. The maximum absolute atomic E-state index is 12.6. The Labute approximate surface area is 187 Å². The summed E-state index contributed by atoms with van der Waals surface area (Å²) in [7, 11) is 4.32. The number of hydrogen-bond acceptors (Lipinski definition) is 8. The van der Waals surface area contributed by atoms with Crippen LogP contribution < -0.4 is 14.8 Å². The summed E-state index contributed by atoms with van der Waals surface area (Å²) in [6.07, 6.45) is 0. The Hall–Kier alpha value is -3.18. The zero-order chi connectivity index (χ0) is 23.0. The fraction of sp³-hybridized carbons (Fsp3) is 0.300. The molecule has 0 heterocycles. The van der Waals surface area contributed by atoms with Crippen molar-refractivity contribution in [1.29, 1.82) is 0 Å². The van der Waals surface area contributed by atoms with E-state index in [1.165, 1.54) is 39.5 Å². The second-order valence-corrected chi connectivity index (χ2v) is 7.27. The number of rotatable bonds is 10. The molecule has 0 spiro atoms. The van der Waals surface area contributed by atoms with Crippen molar-refractivity contribution in [2.75, 3.05) is 39.7 Å². The largest absolute Gasteiger partial charge is 0.497 e. The average molecular weight is 496 g/mol. The first-order valence-corrected chi connectivity index (χ1v) is 9.80. The fourth-order valence-electron chi connectivity index (χ4n) is 2.74. The van der Waals surface area contributed by atoms with E-state index in [0.717, 1.165) is 5.56 Å². The van der Waals surface area contributed by atoms with E-state index in [1.807, 2.05) is 0 Å². The van der Waals surface area contributed by atoms with Gasteiger partial charge < -0.3 is 19.5 Å². The average Bonchev–Trinajstić information content (AvgIpc) is 2.74. The number of esters is 1. The van der Waals surface area contributed by atoms with E-state index in [0.29, 0.717) is 21.7 Å². The van der Waals surface area contributed by atoms with Gasteiger partial charge in [-0.15, -0.1) is 0 Å². The first kappa shape index (κ1) is 24.1. The number of anilines is 1. The van der Waals surface area contributed by atoms with Crippen LogP contribution in [0.3, 0.4) is 0 Å². The van der Waals surface area contributed by atoms with Crippen LogP contribution in [0.25, 0.3) is 0 Å². The molecule has 2 aromatic carbocycles. The van der Waals surface area contributed by atoms with Gasteiger partial charge in [0.15, 0.2) is 0 Å². The number of nitro groups is 1. The summed E-state index contributed by atoms with van der Waals surface area (Å²) < 4.78 is 15.6. The number of carbonyl (C=O) groups is 2. The van der Waals surface area contributed by atoms with Crippen LogP contribution in [-0.4, -0.2) is 56.1 Å². The van der Waals surface area contributed by atoms with E-state index < -0.39 is 16.8 Å². The lowest BCUT2D eigenvalue weighted by Crippen LogP contribution is -2.37. The number of hydrogen-bond donors (Lipinski definition) is 1. The molecule has 11 heteroatoms. The Bertz CT molecular complexity index is 946. The van der Waals surface area contributed by atoms with Crippen LogP contribution in [0, 0.1) is 10.1 Å². The molecule has 0 bridgehead atoms. The van der Waals surface area contributed by atoms with Crippen molar-refractivity contribution in [3.8, 4) is 11.5 Å². The first-order valence-electron chi connectivity index (χ1n) is 9.00. The van der Waals surface area contributed by atoms with Crippen molar-refractivity contribution in [2.24, 2.45) is 0 Å². The maximum Gasteiger partial charge on any atom is 0.319 e. The lowest BCUT2D eigenvalue weighted by atomic mass is 10.2. The van der Waals surface area contributed by atoms with Crippen LogP contribution in [0.5, 0.6) is 11.5 Å². The van der Waals surface area contributed by atoms with Gasteiger partial charge >= 0.3 is 5.97 Å². The van der Waals surface area contributed by atoms with Gasteiger partial charge in [0.05, 0.1) is 45.0 Å². The highest BCUT2D eigenvalue weighted by Crippen LogP contribution is 2.27. The Balaban J connectivity index is 2.16. The number of halogens is 1. The van der Waals surface area contributed by atoms with Crippen molar-refractivity contribution in [1.82, 2.24) is 4.90 Å². The van der Waals surface area contributed by atoms with Gasteiger partial charge in [-0.1, -0.05) is 0 Å². The second-order valence-electron chi connectivity index (χ2n) is 6.41. The Morgan fingerprint density at radius 1 is 1.06 bits per heavy atom. The lowest BCUT2D eigenvalue weighted by Gasteiger charge is -2.21. The molecule has 166 valence electrons. The minimum atomic E-state index is -0.531. The number of carbonyl (C=O) groups excluding carboxylic acids is 2. The van der Waals surface area contributed by atoms with E-state index in [-0.39, 0.29) is 25.3 Å². The van der Waals surface area contributed by atoms with Crippen LogP contribution in [0.2, 0.25) is 0 Å². The minimum absolute atomic E-state index is 0.107. The molecule has 0 atom stereocenters. The molecule has 0 saturated heterocycles.